The second kappa shape index (κ2) is 7.34. The molecule has 0 N–H and O–H groups in total. The maximum Gasteiger partial charge on any atom is 0.312 e. The molecule has 3 aliphatic heterocycles. The van der Waals surface area contributed by atoms with Crippen molar-refractivity contribution in [2.75, 3.05) is 50.8 Å². The lowest BCUT2D eigenvalue weighted by Gasteiger charge is -2.36. The fraction of sp³-hybridized carbons (Fsp3) is 0.650. The lowest BCUT2D eigenvalue weighted by Crippen LogP contribution is -2.47. The zero-order valence-electron chi connectivity index (χ0n) is 14.9. The molecule has 0 aromatic heterocycles. The topological polar surface area (TPSA) is 42.0 Å². The van der Waals surface area contributed by atoms with E-state index < -0.39 is 0 Å². The van der Waals surface area contributed by atoms with E-state index in [0.29, 0.717) is 13.2 Å². The summed E-state index contributed by atoms with van der Waals surface area (Å²) in [5, 5.41) is 0. The van der Waals surface area contributed by atoms with Crippen LogP contribution in [0, 0.1) is 5.41 Å². The first-order valence-electron chi connectivity index (χ1n) is 9.56. The molecular formula is C20H28N2O3. The fourth-order valence-electron chi connectivity index (χ4n) is 4.36. The number of ether oxygens (including phenoxy) is 2. The van der Waals surface area contributed by atoms with Gasteiger partial charge in [0.15, 0.2) is 0 Å². The highest BCUT2D eigenvalue weighted by molar-refractivity contribution is 5.79. The molecule has 0 bridgehead atoms. The zero-order chi connectivity index (χ0) is 17.1. The number of hydrogen-bond acceptors (Lipinski definition) is 5. The molecule has 0 unspecified atom stereocenters. The SMILES string of the molecule is O=C1O[C@H](CCN2CCN(c3ccccc3)CC2)CC12CCOCC2. The molecule has 3 heterocycles. The van der Waals surface area contributed by atoms with Gasteiger partial charge in [0.05, 0.1) is 5.41 Å². The molecule has 1 aromatic rings. The van der Waals surface area contributed by atoms with Gasteiger partial charge in [-0.15, -0.1) is 0 Å². The Balaban J connectivity index is 1.23. The van der Waals surface area contributed by atoms with Crippen LogP contribution in [0.3, 0.4) is 0 Å². The standard InChI is InChI=1S/C20H28N2O3/c23-19-20(7-14-24-15-8-20)16-18(25-19)6-9-21-10-12-22(13-11-21)17-4-2-1-3-5-17/h1-5,18H,6-16H2/t18-/m1/s1. The van der Waals surface area contributed by atoms with E-state index in [1.165, 1.54) is 5.69 Å². The van der Waals surface area contributed by atoms with E-state index in [4.69, 9.17) is 9.47 Å². The number of anilines is 1. The van der Waals surface area contributed by atoms with Crippen molar-refractivity contribution in [3.63, 3.8) is 0 Å². The first kappa shape index (κ1) is 16.9. The predicted molar refractivity (Wildman–Crippen MR) is 96.7 cm³/mol. The number of hydrogen-bond donors (Lipinski definition) is 0. The Morgan fingerprint density at radius 3 is 2.48 bits per heavy atom. The summed E-state index contributed by atoms with van der Waals surface area (Å²) in [6.07, 6.45) is 3.60. The molecule has 25 heavy (non-hydrogen) atoms. The Labute approximate surface area is 149 Å². The van der Waals surface area contributed by atoms with Crippen molar-refractivity contribution in [2.24, 2.45) is 5.41 Å². The molecule has 1 spiro atoms. The first-order chi connectivity index (χ1) is 12.3. The Bertz CT molecular complexity index is 578. The van der Waals surface area contributed by atoms with Gasteiger partial charge in [-0.25, -0.2) is 0 Å². The average Bonchev–Trinajstić information content (AvgIpc) is 2.97. The monoisotopic (exact) mass is 344 g/mol. The van der Waals surface area contributed by atoms with Crippen molar-refractivity contribution in [2.45, 2.75) is 31.8 Å². The number of benzene rings is 1. The minimum absolute atomic E-state index is 0.0229. The van der Waals surface area contributed by atoms with Gasteiger partial charge in [-0.3, -0.25) is 9.69 Å². The molecule has 4 rings (SSSR count). The molecule has 1 aromatic carbocycles. The zero-order valence-corrected chi connectivity index (χ0v) is 14.9. The largest absolute Gasteiger partial charge is 0.462 e. The van der Waals surface area contributed by atoms with Gasteiger partial charge in [-0.05, 0) is 31.4 Å². The Hall–Kier alpha value is -1.59. The smallest absolute Gasteiger partial charge is 0.312 e. The van der Waals surface area contributed by atoms with Crippen molar-refractivity contribution in [1.29, 1.82) is 0 Å². The molecular weight excluding hydrogens is 316 g/mol. The van der Waals surface area contributed by atoms with Crippen LogP contribution in [-0.4, -0.2) is 62.9 Å². The van der Waals surface area contributed by atoms with Crippen LogP contribution < -0.4 is 4.90 Å². The van der Waals surface area contributed by atoms with Crippen LogP contribution in [0.1, 0.15) is 25.7 Å². The van der Waals surface area contributed by atoms with E-state index in [1.54, 1.807) is 0 Å². The summed E-state index contributed by atoms with van der Waals surface area (Å²) < 4.78 is 11.1. The van der Waals surface area contributed by atoms with Gasteiger partial charge in [-0.1, -0.05) is 18.2 Å². The molecule has 0 radical (unpaired) electrons. The maximum atomic E-state index is 12.3. The van der Waals surface area contributed by atoms with Crippen LogP contribution in [0.2, 0.25) is 0 Å². The second-order valence-electron chi connectivity index (χ2n) is 7.58. The molecule has 3 saturated heterocycles. The van der Waals surface area contributed by atoms with Crippen LogP contribution in [0.25, 0.3) is 0 Å². The minimum Gasteiger partial charge on any atom is -0.462 e. The van der Waals surface area contributed by atoms with Crippen molar-refractivity contribution in [1.82, 2.24) is 4.90 Å². The van der Waals surface area contributed by atoms with E-state index in [1.807, 2.05) is 0 Å². The van der Waals surface area contributed by atoms with Crippen molar-refractivity contribution in [3.8, 4) is 0 Å². The Morgan fingerprint density at radius 2 is 1.76 bits per heavy atom. The summed E-state index contributed by atoms with van der Waals surface area (Å²) in [6.45, 7) is 6.70. The van der Waals surface area contributed by atoms with Crippen LogP contribution in [0.5, 0.6) is 0 Å². The van der Waals surface area contributed by atoms with Gasteiger partial charge in [-0.2, -0.15) is 0 Å². The summed E-state index contributed by atoms with van der Waals surface area (Å²) in [7, 11) is 0. The van der Waals surface area contributed by atoms with Crippen molar-refractivity contribution in [3.05, 3.63) is 30.3 Å². The number of para-hydroxylation sites is 1. The third-order valence-electron chi connectivity index (χ3n) is 6.04. The Morgan fingerprint density at radius 1 is 1.04 bits per heavy atom. The molecule has 3 aliphatic rings. The Kier molecular flexibility index (Phi) is 4.95. The fourth-order valence-corrected chi connectivity index (χ4v) is 4.36. The summed E-state index contributed by atoms with van der Waals surface area (Å²) in [5.74, 6) is 0.0229. The van der Waals surface area contributed by atoms with Gasteiger partial charge in [0, 0.05) is 58.0 Å². The van der Waals surface area contributed by atoms with Crippen molar-refractivity contribution >= 4 is 11.7 Å². The number of piperazine rings is 1. The molecule has 1 atom stereocenters. The molecule has 0 amide bonds. The van der Waals surface area contributed by atoms with Crippen LogP contribution in [0.15, 0.2) is 30.3 Å². The molecule has 3 fully saturated rings. The van der Waals surface area contributed by atoms with Crippen molar-refractivity contribution < 1.29 is 14.3 Å². The third-order valence-corrected chi connectivity index (χ3v) is 6.04. The minimum atomic E-state index is -0.241. The van der Waals surface area contributed by atoms with E-state index in [0.717, 1.165) is 58.4 Å². The summed E-state index contributed by atoms with van der Waals surface area (Å²) in [6, 6.07) is 10.6. The number of carbonyl (C=O) groups is 1. The summed E-state index contributed by atoms with van der Waals surface area (Å²) in [4.78, 5) is 17.3. The quantitative estimate of drug-likeness (QED) is 0.784. The summed E-state index contributed by atoms with van der Waals surface area (Å²) in [5.41, 5.74) is 1.07. The highest BCUT2D eigenvalue weighted by atomic mass is 16.6. The van der Waals surface area contributed by atoms with E-state index in [2.05, 4.69) is 40.1 Å². The number of esters is 1. The average molecular weight is 344 g/mol. The number of cyclic esters (lactones) is 1. The van der Waals surface area contributed by atoms with Crippen LogP contribution in [0.4, 0.5) is 5.69 Å². The third kappa shape index (κ3) is 3.67. The number of nitrogens with zero attached hydrogens (tertiary/aromatic N) is 2. The van der Waals surface area contributed by atoms with Crippen LogP contribution in [-0.2, 0) is 14.3 Å². The normalized spacial score (nSPS) is 26.8. The second-order valence-corrected chi connectivity index (χ2v) is 7.58. The van der Waals surface area contributed by atoms with Gasteiger partial charge in [0.1, 0.15) is 6.10 Å². The number of rotatable bonds is 4. The molecule has 5 nitrogen and oxygen atoms in total. The predicted octanol–water partition coefficient (Wildman–Crippen LogP) is 2.31. The van der Waals surface area contributed by atoms with E-state index >= 15 is 0 Å². The highest BCUT2D eigenvalue weighted by Crippen LogP contribution is 2.43. The van der Waals surface area contributed by atoms with Gasteiger partial charge in [0.2, 0.25) is 0 Å². The van der Waals surface area contributed by atoms with E-state index in [-0.39, 0.29) is 17.5 Å². The highest BCUT2D eigenvalue weighted by Gasteiger charge is 2.49. The number of carbonyl (C=O) groups excluding carboxylic acids is 1. The molecule has 5 heteroatoms. The lowest BCUT2D eigenvalue weighted by molar-refractivity contribution is -0.152. The van der Waals surface area contributed by atoms with E-state index in [9.17, 15) is 4.79 Å². The van der Waals surface area contributed by atoms with Crippen LogP contribution >= 0.6 is 0 Å². The van der Waals surface area contributed by atoms with Gasteiger partial charge >= 0.3 is 5.97 Å². The molecule has 0 saturated carbocycles. The maximum absolute atomic E-state index is 12.3. The first-order valence-corrected chi connectivity index (χ1v) is 9.56. The lowest BCUT2D eigenvalue weighted by atomic mass is 9.77. The summed E-state index contributed by atoms with van der Waals surface area (Å²) >= 11 is 0. The molecule has 136 valence electrons. The van der Waals surface area contributed by atoms with Gasteiger partial charge < -0.3 is 14.4 Å². The van der Waals surface area contributed by atoms with Gasteiger partial charge in [0.25, 0.3) is 0 Å². The molecule has 0 aliphatic carbocycles.